The molecule has 1 atom stereocenters. The maximum absolute atomic E-state index is 12.2. The van der Waals surface area contributed by atoms with E-state index >= 15 is 0 Å². The summed E-state index contributed by atoms with van der Waals surface area (Å²) in [6.45, 7) is 6.26. The van der Waals surface area contributed by atoms with Crippen LogP contribution in [0, 0.1) is 13.8 Å². The molecule has 0 saturated carbocycles. The van der Waals surface area contributed by atoms with Crippen LogP contribution in [-0.4, -0.2) is 5.91 Å². The summed E-state index contributed by atoms with van der Waals surface area (Å²) < 4.78 is 0. The lowest BCUT2D eigenvalue weighted by Crippen LogP contribution is -2.29. The Kier molecular flexibility index (Phi) is 5.15. The lowest BCUT2D eigenvalue weighted by atomic mass is 10.0. The third kappa shape index (κ3) is 4.19. The van der Waals surface area contributed by atoms with E-state index in [9.17, 15) is 4.79 Å². The molecule has 2 aromatic carbocycles. The Hall–Kier alpha value is -2.09. The average Bonchev–Trinajstić information content (AvgIpc) is 2.49. The Morgan fingerprint density at radius 2 is 1.76 bits per heavy atom. The number of nitrogens with one attached hydrogen (secondary N) is 1. The van der Waals surface area contributed by atoms with Crippen LogP contribution in [0.2, 0.25) is 0 Å². The van der Waals surface area contributed by atoms with Gasteiger partial charge in [0, 0.05) is 0 Å². The first-order valence-corrected chi connectivity index (χ1v) is 7.50. The standard InChI is InChI=1S/C19H23NO/c1-4-18(17-8-6-5-7-9-17)20-19(21)13-16-11-10-14(2)15(3)12-16/h5-12,18H,4,13H2,1-3H3,(H,20,21)/t18-/m1/s1. The summed E-state index contributed by atoms with van der Waals surface area (Å²) >= 11 is 0. The number of aryl methyl sites for hydroxylation is 2. The van der Waals surface area contributed by atoms with Crippen molar-refractivity contribution in [2.45, 2.75) is 39.7 Å². The van der Waals surface area contributed by atoms with Crippen molar-refractivity contribution in [3.8, 4) is 0 Å². The molecular formula is C19H23NO. The van der Waals surface area contributed by atoms with Gasteiger partial charge in [0.1, 0.15) is 0 Å². The molecule has 0 aliphatic heterocycles. The molecule has 2 rings (SSSR count). The number of hydrogen-bond donors (Lipinski definition) is 1. The van der Waals surface area contributed by atoms with Gasteiger partial charge < -0.3 is 5.32 Å². The van der Waals surface area contributed by atoms with Crippen molar-refractivity contribution in [2.75, 3.05) is 0 Å². The van der Waals surface area contributed by atoms with E-state index in [1.807, 2.05) is 24.3 Å². The Bertz CT molecular complexity index is 604. The van der Waals surface area contributed by atoms with E-state index in [1.54, 1.807) is 0 Å². The van der Waals surface area contributed by atoms with Gasteiger partial charge in [0.2, 0.25) is 5.91 Å². The predicted octanol–water partition coefficient (Wildman–Crippen LogP) is 4.11. The van der Waals surface area contributed by atoms with Gasteiger partial charge in [-0.1, -0.05) is 55.5 Å². The van der Waals surface area contributed by atoms with Gasteiger partial charge in [-0.25, -0.2) is 0 Å². The van der Waals surface area contributed by atoms with Crippen molar-refractivity contribution in [1.29, 1.82) is 0 Å². The van der Waals surface area contributed by atoms with Crippen LogP contribution in [0.25, 0.3) is 0 Å². The number of carbonyl (C=O) groups excluding carboxylic acids is 1. The zero-order chi connectivity index (χ0) is 15.2. The molecule has 0 spiro atoms. The molecule has 21 heavy (non-hydrogen) atoms. The summed E-state index contributed by atoms with van der Waals surface area (Å²) in [7, 11) is 0. The van der Waals surface area contributed by atoms with Gasteiger partial charge in [-0.05, 0) is 42.5 Å². The molecule has 0 radical (unpaired) electrons. The van der Waals surface area contributed by atoms with E-state index in [4.69, 9.17) is 0 Å². The normalized spacial score (nSPS) is 12.0. The van der Waals surface area contributed by atoms with Gasteiger partial charge in [0.05, 0.1) is 12.5 Å². The molecule has 0 fully saturated rings. The van der Waals surface area contributed by atoms with Gasteiger partial charge >= 0.3 is 0 Å². The Labute approximate surface area is 127 Å². The minimum absolute atomic E-state index is 0.0777. The van der Waals surface area contributed by atoms with Crippen LogP contribution in [0.4, 0.5) is 0 Å². The first-order valence-electron chi connectivity index (χ1n) is 7.50. The Morgan fingerprint density at radius 1 is 1.05 bits per heavy atom. The fourth-order valence-electron chi connectivity index (χ4n) is 2.45. The second-order valence-electron chi connectivity index (χ2n) is 5.53. The van der Waals surface area contributed by atoms with Crippen LogP contribution < -0.4 is 5.32 Å². The van der Waals surface area contributed by atoms with Crippen molar-refractivity contribution < 1.29 is 4.79 Å². The third-order valence-corrected chi connectivity index (χ3v) is 3.88. The predicted molar refractivity (Wildman–Crippen MR) is 87.2 cm³/mol. The molecule has 2 aromatic rings. The fraction of sp³-hybridized carbons (Fsp3) is 0.316. The van der Waals surface area contributed by atoms with Crippen LogP contribution in [0.1, 0.15) is 41.6 Å². The molecule has 0 heterocycles. The highest BCUT2D eigenvalue weighted by Gasteiger charge is 2.12. The van der Waals surface area contributed by atoms with E-state index < -0.39 is 0 Å². The van der Waals surface area contributed by atoms with Crippen molar-refractivity contribution in [3.63, 3.8) is 0 Å². The van der Waals surface area contributed by atoms with Gasteiger partial charge in [-0.2, -0.15) is 0 Å². The Balaban J connectivity index is 2.01. The monoisotopic (exact) mass is 281 g/mol. The quantitative estimate of drug-likeness (QED) is 0.878. The van der Waals surface area contributed by atoms with Gasteiger partial charge in [0.25, 0.3) is 0 Å². The number of hydrogen-bond acceptors (Lipinski definition) is 1. The molecule has 0 saturated heterocycles. The average molecular weight is 281 g/mol. The largest absolute Gasteiger partial charge is 0.349 e. The Morgan fingerprint density at radius 3 is 2.38 bits per heavy atom. The molecule has 1 amide bonds. The first-order chi connectivity index (χ1) is 10.1. The van der Waals surface area contributed by atoms with Crippen molar-refractivity contribution in [2.24, 2.45) is 0 Å². The van der Waals surface area contributed by atoms with E-state index in [-0.39, 0.29) is 11.9 Å². The molecule has 0 bridgehead atoms. The van der Waals surface area contributed by atoms with Crippen molar-refractivity contribution >= 4 is 5.91 Å². The van der Waals surface area contributed by atoms with Crippen LogP contribution in [0.15, 0.2) is 48.5 Å². The van der Waals surface area contributed by atoms with E-state index in [2.05, 4.69) is 50.4 Å². The summed E-state index contributed by atoms with van der Waals surface area (Å²) in [6, 6.07) is 16.4. The summed E-state index contributed by atoms with van der Waals surface area (Å²) in [4.78, 5) is 12.2. The second-order valence-corrected chi connectivity index (χ2v) is 5.53. The van der Waals surface area contributed by atoms with Crippen LogP contribution in [-0.2, 0) is 11.2 Å². The molecule has 0 aliphatic rings. The first kappa shape index (κ1) is 15.3. The maximum Gasteiger partial charge on any atom is 0.224 e. The van der Waals surface area contributed by atoms with Crippen LogP contribution >= 0.6 is 0 Å². The van der Waals surface area contributed by atoms with Crippen molar-refractivity contribution in [3.05, 3.63) is 70.8 Å². The topological polar surface area (TPSA) is 29.1 Å². The minimum Gasteiger partial charge on any atom is -0.349 e. The zero-order valence-electron chi connectivity index (χ0n) is 13.0. The van der Waals surface area contributed by atoms with Gasteiger partial charge in [-0.3, -0.25) is 4.79 Å². The smallest absolute Gasteiger partial charge is 0.224 e. The van der Waals surface area contributed by atoms with Crippen LogP contribution in [0.5, 0.6) is 0 Å². The molecule has 0 unspecified atom stereocenters. The molecule has 0 aromatic heterocycles. The number of carbonyl (C=O) groups is 1. The molecular weight excluding hydrogens is 258 g/mol. The highest BCUT2D eigenvalue weighted by molar-refractivity contribution is 5.79. The zero-order valence-corrected chi connectivity index (χ0v) is 13.0. The summed E-state index contributed by atoms with van der Waals surface area (Å²) in [6.07, 6.45) is 1.33. The van der Waals surface area contributed by atoms with Crippen molar-refractivity contribution in [1.82, 2.24) is 5.32 Å². The van der Waals surface area contributed by atoms with Gasteiger partial charge in [-0.15, -0.1) is 0 Å². The van der Waals surface area contributed by atoms with Gasteiger partial charge in [0.15, 0.2) is 0 Å². The summed E-state index contributed by atoms with van der Waals surface area (Å²) in [5.74, 6) is 0.0777. The number of amides is 1. The van der Waals surface area contributed by atoms with E-state index in [0.29, 0.717) is 6.42 Å². The summed E-state index contributed by atoms with van der Waals surface area (Å²) in [5, 5.41) is 3.13. The van der Waals surface area contributed by atoms with Crippen LogP contribution in [0.3, 0.4) is 0 Å². The van der Waals surface area contributed by atoms with E-state index in [1.165, 1.54) is 11.1 Å². The second kappa shape index (κ2) is 7.07. The number of rotatable bonds is 5. The molecule has 2 heteroatoms. The number of benzene rings is 2. The lowest BCUT2D eigenvalue weighted by Gasteiger charge is -2.17. The summed E-state index contributed by atoms with van der Waals surface area (Å²) in [5.41, 5.74) is 4.72. The molecule has 110 valence electrons. The minimum atomic E-state index is 0.0777. The fourth-order valence-corrected chi connectivity index (χ4v) is 2.45. The molecule has 0 aliphatic carbocycles. The molecule has 1 N–H and O–H groups in total. The SMILES string of the molecule is CC[C@@H](NC(=O)Cc1ccc(C)c(C)c1)c1ccccc1. The molecule has 2 nitrogen and oxygen atoms in total. The third-order valence-electron chi connectivity index (χ3n) is 3.88. The van der Waals surface area contributed by atoms with E-state index in [0.717, 1.165) is 17.5 Å². The highest BCUT2D eigenvalue weighted by Crippen LogP contribution is 2.16. The maximum atomic E-state index is 12.2. The lowest BCUT2D eigenvalue weighted by molar-refractivity contribution is -0.121. The highest BCUT2D eigenvalue weighted by atomic mass is 16.1.